The van der Waals surface area contributed by atoms with Gasteiger partial charge in [0, 0.05) is 18.7 Å². The molecule has 0 bridgehead atoms. The summed E-state index contributed by atoms with van der Waals surface area (Å²) < 4.78 is 44.6. The minimum absolute atomic E-state index is 0.0352. The van der Waals surface area contributed by atoms with Gasteiger partial charge in [-0.15, -0.1) is 0 Å². The van der Waals surface area contributed by atoms with Crippen molar-refractivity contribution in [2.45, 2.75) is 13.0 Å². The van der Waals surface area contributed by atoms with Crippen LogP contribution in [0, 0.1) is 0 Å². The van der Waals surface area contributed by atoms with Gasteiger partial charge in [-0.3, -0.25) is 4.79 Å². The molecule has 1 amide bonds. The molecule has 0 aromatic heterocycles. The van der Waals surface area contributed by atoms with E-state index in [0.717, 1.165) is 11.1 Å². The number of hydrogen-bond acceptors (Lipinski definition) is 5. The van der Waals surface area contributed by atoms with Crippen molar-refractivity contribution < 1.29 is 32.5 Å². The topological polar surface area (TPSA) is 66.0 Å². The second kappa shape index (κ2) is 10.9. The maximum atomic E-state index is 12.4. The van der Waals surface area contributed by atoms with E-state index in [4.69, 9.17) is 14.2 Å². The molecule has 0 unspecified atom stereocenters. The van der Waals surface area contributed by atoms with Gasteiger partial charge in [0.2, 0.25) is 5.91 Å². The Hall–Kier alpha value is -3.29. The van der Waals surface area contributed by atoms with Gasteiger partial charge in [-0.1, -0.05) is 6.07 Å². The van der Waals surface area contributed by atoms with Gasteiger partial charge >= 0.3 is 6.61 Å². The molecule has 0 saturated heterocycles. The molecule has 8 heteroatoms. The number of alkyl halides is 2. The number of methoxy groups -OCH3 is 3. The summed E-state index contributed by atoms with van der Waals surface area (Å²) in [5.41, 5.74) is 1.57. The fraction of sp³-hybridized carbons (Fsp3) is 0.286. The van der Waals surface area contributed by atoms with Crippen molar-refractivity contribution in [1.82, 2.24) is 5.32 Å². The number of ether oxygens (including phenoxy) is 4. The van der Waals surface area contributed by atoms with E-state index < -0.39 is 6.61 Å². The lowest BCUT2D eigenvalue weighted by atomic mass is 10.1. The van der Waals surface area contributed by atoms with E-state index in [0.29, 0.717) is 24.5 Å². The summed E-state index contributed by atoms with van der Waals surface area (Å²) in [6, 6.07) is 9.96. The number of carbonyl (C=O) groups is 1. The molecule has 0 spiro atoms. The lowest BCUT2D eigenvalue weighted by Crippen LogP contribution is -2.23. The van der Waals surface area contributed by atoms with Gasteiger partial charge in [-0.2, -0.15) is 8.78 Å². The van der Waals surface area contributed by atoms with E-state index in [2.05, 4.69) is 10.1 Å². The Morgan fingerprint density at radius 3 is 2.28 bits per heavy atom. The molecule has 6 nitrogen and oxygen atoms in total. The van der Waals surface area contributed by atoms with Gasteiger partial charge in [0.05, 0.1) is 21.3 Å². The second-order valence-electron chi connectivity index (χ2n) is 5.88. The average Bonchev–Trinajstić information content (AvgIpc) is 2.72. The summed E-state index contributed by atoms with van der Waals surface area (Å²) in [5, 5.41) is 2.76. The quantitative estimate of drug-likeness (QED) is 0.609. The SMILES string of the molecule is COc1cc(/C=C/C(=O)NCCc2ccc(OC(F)F)c(OC)c2)cc(OC)c1. The molecule has 0 fully saturated rings. The maximum Gasteiger partial charge on any atom is 0.387 e. The zero-order chi connectivity index (χ0) is 21.2. The Bertz CT molecular complexity index is 833. The van der Waals surface area contributed by atoms with Gasteiger partial charge in [-0.25, -0.2) is 0 Å². The number of halogens is 2. The van der Waals surface area contributed by atoms with E-state index >= 15 is 0 Å². The number of rotatable bonds is 10. The van der Waals surface area contributed by atoms with E-state index in [1.54, 1.807) is 50.6 Å². The van der Waals surface area contributed by atoms with Crippen LogP contribution in [0.3, 0.4) is 0 Å². The molecule has 0 aliphatic rings. The summed E-state index contributed by atoms with van der Waals surface area (Å²) in [6.07, 6.45) is 3.56. The lowest BCUT2D eigenvalue weighted by Gasteiger charge is -2.11. The van der Waals surface area contributed by atoms with Gasteiger partial charge in [-0.05, 0) is 47.9 Å². The molecule has 0 saturated carbocycles. The Balaban J connectivity index is 1.90. The van der Waals surface area contributed by atoms with Gasteiger partial charge in [0.25, 0.3) is 0 Å². The van der Waals surface area contributed by atoms with Crippen LogP contribution < -0.4 is 24.3 Å². The molecule has 1 N–H and O–H groups in total. The highest BCUT2D eigenvalue weighted by Gasteiger charge is 2.11. The van der Waals surface area contributed by atoms with Crippen molar-refractivity contribution in [3.05, 3.63) is 53.6 Å². The van der Waals surface area contributed by atoms with Gasteiger partial charge in [0.1, 0.15) is 11.5 Å². The van der Waals surface area contributed by atoms with Crippen molar-refractivity contribution >= 4 is 12.0 Å². The van der Waals surface area contributed by atoms with Crippen LogP contribution >= 0.6 is 0 Å². The highest BCUT2D eigenvalue weighted by Crippen LogP contribution is 2.29. The molecule has 0 radical (unpaired) electrons. The van der Waals surface area contributed by atoms with E-state index in [-0.39, 0.29) is 17.4 Å². The fourth-order valence-electron chi connectivity index (χ4n) is 2.55. The Morgan fingerprint density at radius 2 is 1.69 bits per heavy atom. The third-order valence-corrected chi connectivity index (χ3v) is 3.96. The summed E-state index contributed by atoms with van der Waals surface area (Å²) >= 11 is 0. The van der Waals surface area contributed by atoms with Crippen molar-refractivity contribution in [1.29, 1.82) is 0 Å². The molecule has 2 aromatic carbocycles. The molecule has 156 valence electrons. The molecule has 0 heterocycles. The van der Waals surface area contributed by atoms with E-state index in [9.17, 15) is 13.6 Å². The van der Waals surface area contributed by atoms with Crippen LogP contribution in [0.25, 0.3) is 6.08 Å². The molecule has 0 aliphatic carbocycles. The van der Waals surface area contributed by atoms with Crippen LogP contribution in [-0.4, -0.2) is 40.4 Å². The smallest absolute Gasteiger partial charge is 0.387 e. The van der Waals surface area contributed by atoms with Crippen LogP contribution in [0.15, 0.2) is 42.5 Å². The molecular weight excluding hydrogens is 384 g/mol. The minimum Gasteiger partial charge on any atom is -0.497 e. The first kappa shape index (κ1) is 22.0. The third-order valence-electron chi connectivity index (χ3n) is 3.96. The number of amides is 1. The predicted molar refractivity (Wildman–Crippen MR) is 105 cm³/mol. The second-order valence-corrected chi connectivity index (χ2v) is 5.88. The number of carbonyl (C=O) groups excluding carboxylic acids is 1. The van der Waals surface area contributed by atoms with Crippen LogP contribution in [-0.2, 0) is 11.2 Å². The maximum absolute atomic E-state index is 12.4. The Morgan fingerprint density at radius 1 is 1.00 bits per heavy atom. The van der Waals surface area contributed by atoms with E-state index in [1.807, 2.05) is 0 Å². The molecule has 2 aromatic rings. The van der Waals surface area contributed by atoms with Crippen molar-refractivity contribution in [3.63, 3.8) is 0 Å². The van der Waals surface area contributed by atoms with Crippen molar-refractivity contribution in [2.24, 2.45) is 0 Å². The lowest BCUT2D eigenvalue weighted by molar-refractivity contribution is -0.116. The largest absolute Gasteiger partial charge is 0.497 e. The zero-order valence-corrected chi connectivity index (χ0v) is 16.4. The molecule has 0 atom stereocenters. The first-order valence-corrected chi connectivity index (χ1v) is 8.76. The average molecular weight is 407 g/mol. The zero-order valence-electron chi connectivity index (χ0n) is 16.4. The van der Waals surface area contributed by atoms with Gasteiger partial charge in [0.15, 0.2) is 11.5 Å². The number of hydrogen-bond donors (Lipinski definition) is 1. The van der Waals surface area contributed by atoms with Gasteiger partial charge < -0.3 is 24.3 Å². The molecule has 29 heavy (non-hydrogen) atoms. The highest BCUT2D eigenvalue weighted by molar-refractivity contribution is 5.91. The van der Waals surface area contributed by atoms with Crippen LogP contribution in [0.2, 0.25) is 0 Å². The Labute approximate surface area is 168 Å². The summed E-state index contributed by atoms with van der Waals surface area (Å²) in [4.78, 5) is 12.0. The minimum atomic E-state index is -2.93. The monoisotopic (exact) mass is 407 g/mol. The Kier molecular flexibility index (Phi) is 8.27. The normalized spacial score (nSPS) is 10.8. The van der Waals surface area contributed by atoms with Crippen LogP contribution in [0.1, 0.15) is 11.1 Å². The van der Waals surface area contributed by atoms with E-state index in [1.165, 1.54) is 19.3 Å². The molecule has 2 rings (SSSR count). The summed E-state index contributed by atoms with van der Waals surface area (Å²) in [7, 11) is 4.48. The van der Waals surface area contributed by atoms with Crippen molar-refractivity contribution in [2.75, 3.05) is 27.9 Å². The molecule has 0 aliphatic heterocycles. The number of benzene rings is 2. The fourth-order valence-corrected chi connectivity index (χ4v) is 2.55. The summed E-state index contributed by atoms with van der Waals surface area (Å²) in [5.74, 6) is 1.15. The standard InChI is InChI=1S/C21H23F2NO5/c1-26-16-10-15(11-17(13-16)27-2)5-7-20(25)24-9-8-14-4-6-18(29-21(22)23)19(12-14)28-3/h4-7,10-13,21H,8-9H2,1-3H3,(H,24,25)/b7-5+. The first-order chi connectivity index (χ1) is 13.9. The third kappa shape index (κ3) is 6.99. The van der Waals surface area contributed by atoms with Crippen LogP contribution in [0.5, 0.6) is 23.0 Å². The van der Waals surface area contributed by atoms with Crippen molar-refractivity contribution in [3.8, 4) is 23.0 Å². The summed E-state index contributed by atoms with van der Waals surface area (Å²) in [6.45, 7) is -2.56. The first-order valence-electron chi connectivity index (χ1n) is 8.76. The predicted octanol–water partition coefficient (Wildman–Crippen LogP) is 3.69. The highest BCUT2D eigenvalue weighted by atomic mass is 19.3. The number of nitrogens with one attached hydrogen (secondary N) is 1. The molecular formula is C21H23F2NO5. The van der Waals surface area contributed by atoms with Crippen LogP contribution in [0.4, 0.5) is 8.78 Å².